The fourth-order valence-corrected chi connectivity index (χ4v) is 3.44. The van der Waals surface area contributed by atoms with Gasteiger partial charge in [0.25, 0.3) is 0 Å². The fourth-order valence-electron chi connectivity index (χ4n) is 2.31. The molecule has 0 bridgehead atoms. The van der Waals surface area contributed by atoms with Crippen LogP contribution in [0.4, 0.5) is 0 Å². The van der Waals surface area contributed by atoms with E-state index in [1.807, 2.05) is 25.1 Å². The molecule has 0 saturated carbocycles. The van der Waals surface area contributed by atoms with Gasteiger partial charge in [-0.05, 0) is 31.0 Å². The van der Waals surface area contributed by atoms with Gasteiger partial charge in [-0.25, -0.2) is 9.50 Å². The summed E-state index contributed by atoms with van der Waals surface area (Å²) in [5.41, 5.74) is 3.45. The molecule has 0 saturated heterocycles. The lowest BCUT2D eigenvalue weighted by atomic mass is 10.1. The quantitative estimate of drug-likeness (QED) is 0.793. The molecular formula is C15H16ClN3OS. The molecule has 0 fully saturated rings. The van der Waals surface area contributed by atoms with Crippen LogP contribution in [0.1, 0.15) is 29.6 Å². The minimum absolute atomic E-state index is 0.0898. The standard InChI is InChI=1S/C15H16ClN3OS/c1-3-4-13-18-19-12(8-20)14(17-15(19)21-13)10-5-6-11(16)9(2)7-10/h5-7,20H,3-4,8H2,1-2H3. The first kappa shape index (κ1) is 14.5. The molecular weight excluding hydrogens is 306 g/mol. The number of nitrogens with zero attached hydrogens (tertiary/aromatic N) is 3. The number of hydrogen-bond donors (Lipinski definition) is 1. The van der Waals surface area contributed by atoms with E-state index in [4.69, 9.17) is 11.6 Å². The number of aliphatic hydroxyl groups excluding tert-OH is 1. The number of rotatable bonds is 4. The summed E-state index contributed by atoms with van der Waals surface area (Å²) in [5, 5.41) is 16.0. The van der Waals surface area contributed by atoms with Crippen molar-refractivity contribution >= 4 is 27.9 Å². The van der Waals surface area contributed by atoms with Crippen LogP contribution in [0.3, 0.4) is 0 Å². The maximum absolute atomic E-state index is 9.71. The average molecular weight is 322 g/mol. The second-order valence-electron chi connectivity index (χ2n) is 4.97. The van der Waals surface area contributed by atoms with Crippen molar-refractivity contribution in [1.29, 1.82) is 0 Å². The summed E-state index contributed by atoms with van der Waals surface area (Å²) in [6.45, 7) is 3.99. The Morgan fingerprint density at radius 1 is 1.38 bits per heavy atom. The van der Waals surface area contributed by atoms with Crippen molar-refractivity contribution in [2.75, 3.05) is 0 Å². The molecule has 0 amide bonds. The predicted molar refractivity (Wildman–Crippen MR) is 86.0 cm³/mol. The summed E-state index contributed by atoms with van der Waals surface area (Å²) in [7, 11) is 0. The fraction of sp³-hybridized carbons (Fsp3) is 0.333. The Bertz CT molecular complexity index is 794. The van der Waals surface area contributed by atoms with E-state index < -0.39 is 0 Å². The molecule has 3 rings (SSSR count). The summed E-state index contributed by atoms with van der Waals surface area (Å²) in [5.74, 6) is 0. The number of aliphatic hydroxyl groups is 1. The molecule has 1 N–H and O–H groups in total. The van der Waals surface area contributed by atoms with Gasteiger partial charge < -0.3 is 5.11 Å². The summed E-state index contributed by atoms with van der Waals surface area (Å²) >= 11 is 7.65. The van der Waals surface area contributed by atoms with Crippen molar-refractivity contribution in [3.05, 3.63) is 39.5 Å². The molecule has 0 unspecified atom stereocenters. The third-order valence-corrected chi connectivity index (χ3v) is 4.78. The Morgan fingerprint density at radius 3 is 2.86 bits per heavy atom. The maximum atomic E-state index is 9.71. The number of hydrogen-bond acceptors (Lipinski definition) is 4. The minimum atomic E-state index is -0.0898. The lowest BCUT2D eigenvalue weighted by molar-refractivity contribution is 0.275. The van der Waals surface area contributed by atoms with Crippen molar-refractivity contribution in [2.24, 2.45) is 0 Å². The lowest BCUT2D eigenvalue weighted by Crippen LogP contribution is -1.97. The van der Waals surface area contributed by atoms with Crippen molar-refractivity contribution < 1.29 is 5.11 Å². The molecule has 2 heterocycles. The van der Waals surface area contributed by atoms with Gasteiger partial charge in [-0.3, -0.25) is 0 Å². The summed E-state index contributed by atoms with van der Waals surface area (Å²) in [6, 6.07) is 5.77. The van der Waals surface area contributed by atoms with E-state index in [-0.39, 0.29) is 6.61 Å². The highest BCUT2D eigenvalue weighted by Gasteiger charge is 2.17. The molecule has 110 valence electrons. The molecule has 0 atom stereocenters. The molecule has 0 radical (unpaired) electrons. The largest absolute Gasteiger partial charge is 0.390 e. The smallest absolute Gasteiger partial charge is 0.213 e. The molecule has 0 aliphatic rings. The molecule has 0 aliphatic carbocycles. The maximum Gasteiger partial charge on any atom is 0.213 e. The average Bonchev–Trinajstić information content (AvgIpc) is 2.99. The molecule has 4 nitrogen and oxygen atoms in total. The number of fused-ring (bicyclic) bond motifs is 1. The minimum Gasteiger partial charge on any atom is -0.390 e. The SMILES string of the molecule is CCCc1nn2c(CO)c(-c3ccc(Cl)c(C)c3)nc2s1. The van der Waals surface area contributed by atoms with E-state index >= 15 is 0 Å². The Kier molecular flexibility index (Phi) is 3.97. The van der Waals surface area contributed by atoms with Gasteiger partial charge in [-0.1, -0.05) is 35.9 Å². The van der Waals surface area contributed by atoms with Gasteiger partial charge in [-0.15, -0.1) is 0 Å². The number of benzene rings is 1. The summed E-state index contributed by atoms with van der Waals surface area (Å²) in [4.78, 5) is 5.47. The van der Waals surface area contributed by atoms with Crippen molar-refractivity contribution in [3.63, 3.8) is 0 Å². The van der Waals surface area contributed by atoms with Gasteiger partial charge in [-0.2, -0.15) is 5.10 Å². The molecule has 0 spiro atoms. The van der Waals surface area contributed by atoms with Crippen molar-refractivity contribution in [3.8, 4) is 11.3 Å². The normalized spacial score (nSPS) is 11.4. The molecule has 21 heavy (non-hydrogen) atoms. The van der Waals surface area contributed by atoms with Gasteiger partial charge in [0.15, 0.2) is 0 Å². The third-order valence-electron chi connectivity index (χ3n) is 3.38. The predicted octanol–water partition coefficient (Wildman–Crippen LogP) is 3.86. The summed E-state index contributed by atoms with van der Waals surface area (Å²) in [6.07, 6.45) is 1.99. The molecule has 6 heteroatoms. The van der Waals surface area contributed by atoms with Crippen LogP contribution in [0.15, 0.2) is 18.2 Å². The first-order chi connectivity index (χ1) is 10.1. The highest BCUT2D eigenvalue weighted by Crippen LogP contribution is 2.29. The van der Waals surface area contributed by atoms with Gasteiger partial charge in [0, 0.05) is 17.0 Å². The number of aryl methyl sites for hydroxylation is 2. The second kappa shape index (κ2) is 5.75. The summed E-state index contributed by atoms with van der Waals surface area (Å²) < 4.78 is 1.76. The van der Waals surface area contributed by atoms with Crippen LogP contribution in [0.25, 0.3) is 16.2 Å². The van der Waals surface area contributed by atoms with Crippen LogP contribution >= 0.6 is 22.9 Å². The van der Waals surface area contributed by atoms with Crippen LogP contribution in [0, 0.1) is 6.92 Å². The zero-order chi connectivity index (χ0) is 15.0. The van der Waals surface area contributed by atoms with Crippen molar-refractivity contribution in [1.82, 2.24) is 14.6 Å². The van der Waals surface area contributed by atoms with E-state index in [2.05, 4.69) is 17.0 Å². The van der Waals surface area contributed by atoms with E-state index in [9.17, 15) is 5.11 Å². The van der Waals surface area contributed by atoms with Gasteiger partial charge >= 0.3 is 0 Å². The van der Waals surface area contributed by atoms with Crippen LogP contribution < -0.4 is 0 Å². The van der Waals surface area contributed by atoms with Crippen molar-refractivity contribution in [2.45, 2.75) is 33.3 Å². The molecule has 0 aliphatic heterocycles. The Morgan fingerprint density at radius 2 is 2.19 bits per heavy atom. The Hall–Kier alpha value is -1.43. The Balaban J connectivity index is 2.13. The highest BCUT2D eigenvalue weighted by atomic mass is 35.5. The number of aromatic nitrogens is 3. The first-order valence-electron chi connectivity index (χ1n) is 6.88. The Labute approximate surface area is 132 Å². The molecule has 1 aromatic carbocycles. The monoisotopic (exact) mass is 321 g/mol. The number of imidazole rings is 1. The second-order valence-corrected chi connectivity index (χ2v) is 6.42. The van der Waals surface area contributed by atoms with Crippen LogP contribution in [-0.2, 0) is 13.0 Å². The van der Waals surface area contributed by atoms with Crippen LogP contribution in [-0.4, -0.2) is 19.7 Å². The number of halogens is 1. The first-order valence-corrected chi connectivity index (χ1v) is 8.08. The zero-order valence-electron chi connectivity index (χ0n) is 11.9. The van der Waals surface area contributed by atoms with Gasteiger partial charge in [0.2, 0.25) is 4.96 Å². The van der Waals surface area contributed by atoms with Crippen LogP contribution in [0.2, 0.25) is 5.02 Å². The van der Waals surface area contributed by atoms with E-state index in [1.165, 1.54) is 0 Å². The van der Waals surface area contributed by atoms with Crippen LogP contribution in [0.5, 0.6) is 0 Å². The third kappa shape index (κ3) is 2.57. The van der Waals surface area contributed by atoms with E-state index in [0.717, 1.165) is 50.3 Å². The van der Waals surface area contributed by atoms with E-state index in [1.54, 1.807) is 15.9 Å². The highest BCUT2D eigenvalue weighted by molar-refractivity contribution is 7.16. The molecule has 2 aromatic heterocycles. The topological polar surface area (TPSA) is 50.4 Å². The van der Waals surface area contributed by atoms with Gasteiger partial charge in [0.05, 0.1) is 18.0 Å². The van der Waals surface area contributed by atoms with E-state index in [0.29, 0.717) is 0 Å². The zero-order valence-corrected chi connectivity index (χ0v) is 13.5. The molecule has 3 aromatic rings. The lowest BCUT2D eigenvalue weighted by Gasteiger charge is -2.03. The van der Waals surface area contributed by atoms with Gasteiger partial charge in [0.1, 0.15) is 5.01 Å².